The average molecular weight is 303 g/mol. The van der Waals surface area contributed by atoms with Gasteiger partial charge < -0.3 is 5.32 Å². The van der Waals surface area contributed by atoms with Gasteiger partial charge in [0.15, 0.2) is 0 Å². The highest BCUT2D eigenvalue weighted by molar-refractivity contribution is 5.63. The molecule has 0 atom stereocenters. The minimum atomic E-state index is -0.609. The third kappa shape index (κ3) is 3.20. The van der Waals surface area contributed by atoms with Gasteiger partial charge in [0.1, 0.15) is 11.6 Å². The zero-order valence-corrected chi connectivity index (χ0v) is 11.8. The largest absolute Gasteiger partial charge is 0.311 e. The lowest BCUT2D eigenvalue weighted by atomic mass is 10.1. The van der Waals surface area contributed by atoms with Crippen LogP contribution in [0.5, 0.6) is 0 Å². The van der Waals surface area contributed by atoms with Crippen LogP contribution in [0.4, 0.5) is 8.78 Å². The topological polar surface area (TPSA) is 58.5 Å². The highest BCUT2D eigenvalue weighted by Crippen LogP contribution is 2.24. The second-order valence-electron chi connectivity index (χ2n) is 4.84. The van der Waals surface area contributed by atoms with E-state index in [1.54, 1.807) is 12.4 Å². The Bertz CT molecular complexity index is 736. The lowest BCUT2D eigenvalue weighted by Crippen LogP contribution is -2.19. The molecule has 0 bridgehead atoms. The molecule has 0 saturated heterocycles. The molecule has 0 aliphatic heterocycles. The van der Waals surface area contributed by atoms with Crippen LogP contribution in [0.15, 0.2) is 42.9 Å². The molecule has 0 amide bonds. The Hall–Kier alpha value is -2.54. The van der Waals surface area contributed by atoms with Gasteiger partial charge in [-0.25, -0.2) is 8.78 Å². The second-order valence-corrected chi connectivity index (χ2v) is 4.84. The zero-order valence-electron chi connectivity index (χ0n) is 11.8. The molecule has 1 aromatic carbocycles. The fraction of sp³-hybridized carbons (Fsp3) is 0.200. The fourth-order valence-electron chi connectivity index (χ4n) is 2.22. The van der Waals surface area contributed by atoms with Crippen LogP contribution in [0.3, 0.4) is 0 Å². The van der Waals surface area contributed by atoms with Crippen molar-refractivity contribution in [2.45, 2.75) is 13.1 Å². The molecule has 5 nitrogen and oxygen atoms in total. The predicted molar refractivity (Wildman–Crippen MR) is 77.9 cm³/mol. The fourth-order valence-corrected chi connectivity index (χ4v) is 2.22. The Morgan fingerprint density at radius 2 is 2.18 bits per heavy atom. The molecule has 2 aromatic heterocycles. The molecule has 7 heteroatoms. The monoisotopic (exact) mass is 303 g/mol. The van der Waals surface area contributed by atoms with Crippen molar-refractivity contribution in [3.63, 3.8) is 0 Å². The predicted octanol–water partition coefficient (Wildman–Crippen LogP) is 2.34. The first kappa shape index (κ1) is 14.4. The Balaban J connectivity index is 1.64. The van der Waals surface area contributed by atoms with Gasteiger partial charge in [0.05, 0.1) is 18.4 Å². The standard InChI is InChI=1S/C15H15F2N5/c16-12-2-3-13(14(17)8-12)15-11(10-19-21-15)9-18-5-7-22-6-1-4-20-22/h1-4,6,8,10,18H,5,7,9H2,(H,19,21). The summed E-state index contributed by atoms with van der Waals surface area (Å²) in [6.07, 6.45) is 5.25. The Morgan fingerprint density at radius 1 is 1.27 bits per heavy atom. The van der Waals surface area contributed by atoms with Gasteiger partial charge >= 0.3 is 0 Å². The number of hydrogen-bond donors (Lipinski definition) is 2. The summed E-state index contributed by atoms with van der Waals surface area (Å²) in [4.78, 5) is 0. The summed E-state index contributed by atoms with van der Waals surface area (Å²) >= 11 is 0. The summed E-state index contributed by atoms with van der Waals surface area (Å²) in [6.45, 7) is 1.99. The van der Waals surface area contributed by atoms with Crippen LogP contribution in [-0.4, -0.2) is 26.5 Å². The van der Waals surface area contributed by atoms with Crippen LogP contribution < -0.4 is 5.32 Å². The summed E-state index contributed by atoms with van der Waals surface area (Å²) in [7, 11) is 0. The molecule has 0 saturated carbocycles. The summed E-state index contributed by atoms with van der Waals surface area (Å²) in [5.74, 6) is -1.21. The molecule has 114 valence electrons. The van der Waals surface area contributed by atoms with Crippen molar-refractivity contribution >= 4 is 0 Å². The van der Waals surface area contributed by atoms with Crippen molar-refractivity contribution in [1.82, 2.24) is 25.3 Å². The van der Waals surface area contributed by atoms with Crippen LogP contribution in [0, 0.1) is 11.6 Å². The smallest absolute Gasteiger partial charge is 0.135 e. The van der Waals surface area contributed by atoms with E-state index in [1.807, 2.05) is 16.9 Å². The van der Waals surface area contributed by atoms with Crippen molar-refractivity contribution in [2.24, 2.45) is 0 Å². The van der Waals surface area contributed by atoms with Crippen molar-refractivity contribution < 1.29 is 8.78 Å². The second kappa shape index (κ2) is 6.48. The van der Waals surface area contributed by atoms with Gasteiger partial charge in [-0.15, -0.1) is 0 Å². The number of H-pyrrole nitrogens is 1. The number of benzene rings is 1. The van der Waals surface area contributed by atoms with Crippen LogP contribution in [0.2, 0.25) is 0 Å². The molecule has 0 aliphatic carbocycles. The Kier molecular flexibility index (Phi) is 4.24. The van der Waals surface area contributed by atoms with Crippen LogP contribution in [0.25, 0.3) is 11.3 Å². The van der Waals surface area contributed by atoms with Crippen molar-refractivity contribution in [1.29, 1.82) is 0 Å². The minimum absolute atomic E-state index is 0.308. The average Bonchev–Trinajstić information content (AvgIpc) is 3.15. The quantitative estimate of drug-likeness (QED) is 0.687. The normalized spacial score (nSPS) is 11.0. The maximum Gasteiger partial charge on any atom is 0.135 e. The number of halogens is 2. The molecule has 3 rings (SSSR count). The van der Waals surface area contributed by atoms with Crippen LogP contribution in [-0.2, 0) is 13.1 Å². The van der Waals surface area contributed by atoms with E-state index in [9.17, 15) is 8.78 Å². The van der Waals surface area contributed by atoms with Gasteiger partial charge in [0.25, 0.3) is 0 Å². The van der Waals surface area contributed by atoms with E-state index in [1.165, 1.54) is 12.1 Å². The first-order valence-electron chi connectivity index (χ1n) is 6.90. The molecule has 0 spiro atoms. The lowest BCUT2D eigenvalue weighted by Gasteiger charge is -2.07. The van der Waals surface area contributed by atoms with E-state index < -0.39 is 11.6 Å². The number of nitrogens with zero attached hydrogens (tertiary/aromatic N) is 3. The van der Waals surface area contributed by atoms with Gasteiger partial charge in [-0.1, -0.05) is 0 Å². The molecule has 0 unspecified atom stereocenters. The van der Waals surface area contributed by atoms with Gasteiger partial charge in [0.2, 0.25) is 0 Å². The molecule has 2 heterocycles. The van der Waals surface area contributed by atoms with Crippen molar-refractivity contribution in [2.75, 3.05) is 6.54 Å². The molecule has 0 fully saturated rings. The third-order valence-corrected chi connectivity index (χ3v) is 3.31. The molecule has 0 radical (unpaired) electrons. The Morgan fingerprint density at radius 3 is 2.95 bits per heavy atom. The summed E-state index contributed by atoms with van der Waals surface area (Å²) in [5.41, 5.74) is 1.69. The van der Waals surface area contributed by atoms with E-state index >= 15 is 0 Å². The maximum atomic E-state index is 13.8. The van der Waals surface area contributed by atoms with E-state index in [0.29, 0.717) is 17.8 Å². The van der Waals surface area contributed by atoms with E-state index in [2.05, 4.69) is 20.6 Å². The number of aromatic amines is 1. The number of rotatable bonds is 6. The van der Waals surface area contributed by atoms with Crippen molar-refractivity contribution in [3.8, 4) is 11.3 Å². The van der Waals surface area contributed by atoms with E-state index in [0.717, 1.165) is 24.7 Å². The first-order chi connectivity index (χ1) is 10.7. The highest BCUT2D eigenvalue weighted by atomic mass is 19.1. The SMILES string of the molecule is Fc1ccc(-c2[nH]ncc2CNCCn2cccn2)c(F)c1. The van der Waals surface area contributed by atoms with E-state index in [4.69, 9.17) is 0 Å². The lowest BCUT2D eigenvalue weighted by molar-refractivity contribution is 0.555. The molecule has 2 N–H and O–H groups in total. The van der Waals surface area contributed by atoms with Gasteiger partial charge in [-0.2, -0.15) is 10.2 Å². The third-order valence-electron chi connectivity index (χ3n) is 3.31. The van der Waals surface area contributed by atoms with Gasteiger partial charge in [-0.3, -0.25) is 9.78 Å². The zero-order chi connectivity index (χ0) is 15.4. The summed E-state index contributed by atoms with van der Waals surface area (Å²) in [6, 6.07) is 5.37. The van der Waals surface area contributed by atoms with Gasteiger partial charge in [0, 0.05) is 42.7 Å². The van der Waals surface area contributed by atoms with Crippen LogP contribution in [0.1, 0.15) is 5.56 Å². The minimum Gasteiger partial charge on any atom is -0.311 e. The number of hydrogen-bond acceptors (Lipinski definition) is 3. The summed E-state index contributed by atoms with van der Waals surface area (Å²) < 4.78 is 28.7. The Labute approximate surface area is 126 Å². The molecule has 22 heavy (non-hydrogen) atoms. The molecular weight excluding hydrogens is 288 g/mol. The highest BCUT2D eigenvalue weighted by Gasteiger charge is 2.12. The summed E-state index contributed by atoms with van der Waals surface area (Å²) in [5, 5.41) is 14.1. The number of nitrogens with one attached hydrogen (secondary N) is 2. The first-order valence-corrected chi connectivity index (χ1v) is 6.90. The maximum absolute atomic E-state index is 13.8. The van der Waals surface area contributed by atoms with Crippen molar-refractivity contribution in [3.05, 3.63) is 60.1 Å². The number of aromatic nitrogens is 4. The van der Waals surface area contributed by atoms with Crippen LogP contribution >= 0.6 is 0 Å². The van der Waals surface area contributed by atoms with Gasteiger partial charge in [-0.05, 0) is 18.2 Å². The molecule has 0 aliphatic rings. The molecule has 3 aromatic rings. The molecular formula is C15H15F2N5. The van der Waals surface area contributed by atoms with E-state index in [-0.39, 0.29) is 0 Å².